The lowest BCUT2D eigenvalue weighted by Gasteiger charge is -2.27. The van der Waals surface area contributed by atoms with E-state index >= 15 is 0 Å². The smallest absolute Gasteiger partial charge is 0.227 e. The number of nitrogens with one attached hydrogen (secondary N) is 2. The van der Waals surface area contributed by atoms with Gasteiger partial charge in [0.25, 0.3) is 0 Å². The van der Waals surface area contributed by atoms with Gasteiger partial charge in [-0.3, -0.25) is 4.98 Å². The molecule has 0 atom stereocenters. The average molecular weight is 421 g/mol. The summed E-state index contributed by atoms with van der Waals surface area (Å²) in [4.78, 5) is 18.6. The molecular weight excluding hydrogens is 388 g/mol. The number of nitrogens with two attached hydrogens (primary N) is 1. The third kappa shape index (κ3) is 4.63. The van der Waals surface area contributed by atoms with Crippen LogP contribution in [0.1, 0.15) is 63.0 Å². The van der Waals surface area contributed by atoms with E-state index in [4.69, 9.17) is 20.7 Å². The van der Waals surface area contributed by atoms with Gasteiger partial charge in [0.05, 0.1) is 6.33 Å². The number of fused-ring (bicyclic) bond motifs is 1. The molecule has 2 aliphatic rings. The lowest BCUT2D eigenvalue weighted by molar-refractivity contribution is 0.410. The molecule has 4 N–H and O–H groups in total. The maximum atomic E-state index is 6.08. The van der Waals surface area contributed by atoms with Gasteiger partial charge in [0.1, 0.15) is 0 Å². The molecule has 0 bridgehead atoms. The molecule has 8 heteroatoms. The Bertz CT molecular complexity index is 987. The Labute approximate surface area is 183 Å². The SMILES string of the molecule is NC1CCC(Nc2nc(NCCc3ccncc3)c3ncn(C4CCCC4)c3n2)CC1. The van der Waals surface area contributed by atoms with E-state index < -0.39 is 0 Å². The molecule has 2 saturated carbocycles. The predicted molar refractivity (Wildman–Crippen MR) is 123 cm³/mol. The van der Waals surface area contributed by atoms with E-state index in [0.29, 0.717) is 24.1 Å². The number of nitrogens with zero attached hydrogens (tertiary/aromatic N) is 5. The van der Waals surface area contributed by atoms with Gasteiger partial charge in [-0.2, -0.15) is 9.97 Å². The first-order chi connectivity index (χ1) is 15.3. The van der Waals surface area contributed by atoms with Crippen LogP contribution in [0.2, 0.25) is 0 Å². The molecule has 2 fully saturated rings. The first-order valence-corrected chi connectivity index (χ1v) is 11.7. The van der Waals surface area contributed by atoms with Crippen LogP contribution in [0.15, 0.2) is 30.9 Å². The molecule has 2 aliphatic carbocycles. The average Bonchev–Trinajstić information content (AvgIpc) is 3.46. The molecule has 164 valence electrons. The highest BCUT2D eigenvalue weighted by Gasteiger charge is 2.23. The van der Waals surface area contributed by atoms with Crippen molar-refractivity contribution in [3.8, 4) is 0 Å². The molecule has 0 spiro atoms. The van der Waals surface area contributed by atoms with Crippen LogP contribution in [0.25, 0.3) is 11.2 Å². The van der Waals surface area contributed by atoms with E-state index in [9.17, 15) is 0 Å². The van der Waals surface area contributed by atoms with E-state index in [-0.39, 0.29) is 0 Å². The number of anilines is 2. The lowest BCUT2D eigenvalue weighted by Crippen LogP contribution is -2.33. The zero-order chi connectivity index (χ0) is 21.0. The Morgan fingerprint density at radius 2 is 1.77 bits per heavy atom. The monoisotopic (exact) mass is 420 g/mol. The third-order valence-electron chi connectivity index (χ3n) is 6.70. The quantitative estimate of drug-likeness (QED) is 0.535. The van der Waals surface area contributed by atoms with E-state index in [2.05, 4.69) is 20.2 Å². The number of pyridine rings is 1. The molecule has 8 nitrogen and oxygen atoms in total. The Hall–Kier alpha value is -2.74. The first kappa shape index (κ1) is 20.2. The first-order valence-electron chi connectivity index (χ1n) is 11.7. The van der Waals surface area contributed by atoms with E-state index in [0.717, 1.165) is 55.6 Å². The van der Waals surface area contributed by atoms with Gasteiger partial charge in [0.2, 0.25) is 5.95 Å². The van der Waals surface area contributed by atoms with E-state index in [1.807, 2.05) is 30.9 Å². The number of rotatable bonds is 7. The molecule has 0 unspecified atom stereocenters. The number of hydrogen-bond acceptors (Lipinski definition) is 7. The molecule has 31 heavy (non-hydrogen) atoms. The third-order valence-corrected chi connectivity index (χ3v) is 6.70. The van der Waals surface area contributed by atoms with Crippen LogP contribution < -0.4 is 16.4 Å². The molecule has 5 rings (SSSR count). The van der Waals surface area contributed by atoms with Crippen molar-refractivity contribution >= 4 is 22.9 Å². The Morgan fingerprint density at radius 3 is 2.55 bits per heavy atom. The zero-order valence-corrected chi connectivity index (χ0v) is 18.0. The van der Waals surface area contributed by atoms with Crippen LogP contribution in [0.3, 0.4) is 0 Å². The van der Waals surface area contributed by atoms with Gasteiger partial charge in [0.15, 0.2) is 17.0 Å². The summed E-state index contributed by atoms with van der Waals surface area (Å²) in [6, 6.07) is 5.30. The fraction of sp³-hybridized carbons (Fsp3) is 0.565. The second-order valence-corrected chi connectivity index (χ2v) is 8.95. The fourth-order valence-electron chi connectivity index (χ4n) is 4.87. The van der Waals surface area contributed by atoms with Gasteiger partial charge in [0, 0.05) is 37.1 Å². The maximum absolute atomic E-state index is 6.08. The Morgan fingerprint density at radius 1 is 1.00 bits per heavy atom. The van der Waals surface area contributed by atoms with Gasteiger partial charge in [-0.15, -0.1) is 0 Å². The van der Waals surface area contributed by atoms with Crippen molar-refractivity contribution in [2.75, 3.05) is 17.2 Å². The topological polar surface area (TPSA) is 107 Å². The highest BCUT2D eigenvalue weighted by atomic mass is 15.2. The van der Waals surface area contributed by atoms with Crippen LogP contribution in [-0.2, 0) is 6.42 Å². The number of imidazole rings is 1. The molecule has 3 aromatic heterocycles. The highest BCUT2D eigenvalue weighted by molar-refractivity contribution is 5.84. The van der Waals surface area contributed by atoms with Crippen molar-refractivity contribution in [2.45, 2.75) is 75.9 Å². The summed E-state index contributed by atoms with van der Waals surface area (Å²) < 4.78 is 2.26. The zero-order valence-electron chi connectivity index (χ0n) is 18.0. The summed E-state index contributed by atoms with van der Waals surface area (Å²) >= 11 is 0. The van der Waals surface area contributed by atoms with Crippen LogP contribution in [0.5, 0.6) is 0 Å². The highest BCUT2D eigenvalue weighted by Crippen LogP contribution is 2.33. The Kier molecular flexibility index (Phi) is 5.97. The molecule has 0 amide bonds. The molecule has 0 aromatic carbocycles. The van der Waals surface area contributed by atoms with Crippen LogP contribution >= 0.6 is 0 Å². The minimum absolute atomic E-state index is 0.329. The van der Waals surface area contributed by atoms with Crippen LogP contribution in [-0.4, -0.2) is 43.1 Å². The second kappa shape index (κ2) is 9.18. The van der Waals surface area contributed by atoms with Gasteiger partial charge in [-0.1, -0.05) is 12.8 Å². The van der Waals surface area contributed by atoms with Gasteiger partial charge < -0.3 is 20.9 Å². The summed E-state index contributed by atoms with van der Waals surface area (Å²) in [5.74, 6) is 1.50. The second-order valence-electron chi connectivity index (χ2n) is 8.95. The number of aromatic nitrogens is 5. The van der Waals surface area contributed by atoms with Crippen molar-refractivity contribution in [3.63, 3.8) is 0 Å². The van der Waals surface area contributed by atoms with Crippen LogP contribution in [0, 0.1) is 0 Å². The normalized spacial score (nSPS) is 22.1. The van der Waals surface area contributed by atoms with Gasteiger partial charge >= 0.3 is 0 Å². The van der Waals surface area contributed by atoms with Crippen molar-refractivity contribution < 1.29 is 0 Å². The lowest BCUT2D eigenvalue weighted by atomic mass is 9.92. The summed E-state index contributed by atoms with van der Waals surface area (Å²) in [6.07, 6.45) is 15.7. The largest absolute Gasteiger partial charge is 0.368 e. The van der Waals surface area contributed by atoms with Gasteiger partial charge in [-0.25, -0.2) is 4.98 Å². The summed E-state index contributed by atoms with van der Waals surface area (Å²) in [5.41, 5.74) is 9.13. The fourth-order valence-corrected chi connectivity index (χ4v) is 4.87. The predicted octanol–water partition coefficient (Wildman–Crippen LogP) is 3.67. The van der Waals surface area contributed by atoms with Crippen molar-refractivity contribution in [3.05, 3.63) is 36.4 Å². The van der Waals surface area contributed by atoms with Crippen molar-refractivity contribution in [1.29, 1.82) is 0 Å². The molecule has 0 aliphatic heterocycles. The number of hydrogen-bond donors (Lipinski definition) is 3. The Balaban J connectivity index is 1.39. The maximum Gasteiger partial charge on any atom is 0.227 e. The van der Waals surface area contributed by atoms with Crippen LogP contribution in [0.4, 0.5) is 11.8 Å². The molecular formula is C23H32N8. The molecule has 0 saturated heterocycles. The summed E-state index contributed by atoms with van der Waals surface area (Å²) in [6.45, 7) is 0.782. The van der Waals surface area contributed by atoms with Crippen molar-refractivity contribution in [2.24, 2.45) is 5.73 Å². The van der Waals surface area contributed by atoms with E-state index in [1.54, 1.807) is 0 Å². The standard InChI is InChI=1S/C23H32N8/c24-17-5-7-18(8-6-17)28-23-29-21(26-14-11-16-9-12-25-13-10-16)20-22(30-23)31(15-27-20)19-3-1-2-4-19/h9-10,12-13,15,17-19H,1-8,11,14,24H2,(H2,26,28,29,30). The molecule has 0 radical (unpaired) electrons. The summed E-state index contributed by atoms with van der Waals surface area (Å²) in [5, 5.41) is 7.10. The van der Waals surface area contributed by atoms with Gasteiger partial charge in [-0.05, 0) is 62.6 Å². The minimum Gasteiger partial charge on any atom is -0.368 e. The molecule has 3 aromatic rings. The van der Waals surface area contributed by atoms with E-state index in [1.165, 1.54) is 31.2 Å². The minimum atomic E-state index is 0.329. The summed E-state index contributed by atoms with van der Waals surface area (Å²) in [7, 11) is 0. The molecule has 3 heterocycles. The van der Waals surface area contributed by atoms with Crippen molar-refractivity contribution in [1.82, 2.24) is 24.5 Å².